The Morgan fingerprint density at radius 2 is 2.29 bits per heavy atom. The highest BCUT2D eigenvalue weighted by Crippen LogP contribution is 2.29. The van der Waals surface area contributed by atoms with Crippen molar-refractivity contribution in [3.8, 4) is 0 Å². The molecule has 0 radical (unpaired) electrons. The number of pyridine rings is 1. The predicted molar refractivity (Wildman–Crippen MR) is 52.1 cm³/mol. The second-order valence-corrected chi connectivity index (χ2v) is 3.61. The molecule has 0 saturated heterocycles. The minimum atomic E-state index is -0.556. The zero-order chi connectivity index (χ0) is 10.1. The van der Waals surface area contributed by atoms with Crippen LogP contribution in [-0.4, -0.2) is 15.9 Å². The quantitative estimate of drug-likeness (QED) is 0.773. The zero-order valence-electron chi connectivity index (χ0n) is 8.16. The Balaban J connectivity index is 2.52. The number of rotatable bonds is 2. The van der Waals surface area contributed by atoms with Gasteiger partial charge in [-0.05, 0) is 18.4 Å². The largest absolute Gasteiger partial charge is 0.388 e. The van der Waals surface area contributed by atoms with Crippen molar-refractivity contribution in [2.24, 2.45) is 0 Å². The standard InChI is InChI=1S/C11H13NO2/c1-2-9(13)8-6-12-5-7-3-4-10(14)11(7)8/h5-6,9,13H,2-4H2,1H3/t9-/m0/s1. The number of aromatic nitrogens is 1. The molecule has 0 unspecified atom stereocenters. The van der Waals surface area contributed by atoms with Crippen molar-refractivity contribution in [1.29, 1.82) is 0 Å². The molecule has 0 saturated carbocycles. The van der Waals surface area contributed by atoms with Gasteiger partial charge in [0.15, 0.2) is 5.78 Å². The first-order valence-corrected chi connectivity index (χ1v) is 4.92. The lowest BCUT2D eigenvalue weighted by Gasteiger charge is -2.11. The number of hydrogen-bond acceptors (Lipinski definition) is 3. The van der Waals surface area contributed by atoms with Crippen LogP contribution in [-0.2, 0) is 6.42 Å². The number of aryl methyl sites for hydroxylation is 1. The molecule has 0 bridgehead atoms. The van der Waals surface area contributed by atoms with E-state index in [4.69, 9.17) is 0 Å². The van der Waals surface area contributed by atoms with Crippen LogP contribution in [0.4, 0.5) is 0 Å². The van der Waals surface area contributed by atoms with Crippen molar-refractivity contribution < 1.29 is 9.90 Å². The first-order chi connectivity index (χ1) is 6.74. The van der Waals surface area contributed by atoms with Gasteiger partial charge in [-0.3, -0.25) is 9.78 Å². The molecule has 74 valence electrons. The molecule has 3 nitrogen and oxygen atoms in total. The summed E-state index contributed by atoms with van der Waals surface area (Å²) in [5, 5.41) is 9.72. The van der Waals surface area contributed by atoms with Gasteiger partial charge >= 0.3 is 0 Å². The molecule has 1 heterocycles. The molecule has 3 heteroatoms. The summed E-state index contributed by atoms with van der Waals surface area (Å²) in [5.41, 5.74) is 2.40. The number of carbonyl (C=O) groups excluding carboxylic acids is 1. The van der Waals surface area contributed by atoms with Crippen LogP contribution in [0.5, 0.6) is 0 Å². The fraction of sp³-hybridized carbons (Fsp3) is 0.455. The van der Waals surface area contributed by atoms with E-state index in [1.807, 2.05) is 6.92 Å². The van der Waals surface area contributed by atoms with Crippen molar-refractivity contribution in [2.45, 2.75) is 32.3 Å². The van der Waals surface area contributed by atoms with E-state index in [2.05, 4.69) is 4.98 Å². The molecular formula is C11H13NO2. The molecule has 2 rings (SSSR count). The highest BCUT2D eigenvalue weighted by molar-refractivity contribution is 6.01. The van der Waals surface area contributed by atoms with Crippen LogP contribution >= 0.6 is 0 Å². The van der Waals surface area contributed by atoms with Crippen LogP contribution in [0.1, 0.15) is 47.4 Å². The zero-order valence-corrected chi connectivity index (χ0v) is 8.16. The van der Waals surface area contributed by atoms with Gasteiger partial charge in [0.05, 0.1) is 6.10 Å². The minimum Gasteiger partial charge on any atom is -0.388 e. The predicted octanol–water partition coefficient (Wildman–Crippen LogP) is 1.65. The van der Waals surface area contributed by atoms with Crippen LogP contribution in [0, 0.1) is 0 Å². The number of fused-ring (bicyclic) bond motifs is 1. The van der Waals surface area contributed by atoms with Crippen molar-refractivity contribution >= 4 is 5.78 Å². The van der Waals surface area contributed by atoms with E-state index in [0.29, 0.717) is 24.0 Å². The van der Waals surface area contributed by atoms with Crippen molar-refractivity contribution in [1.82, 2.24) is 4.98 Å². The van der Waals surface area contributed by atoms with Crippen LogP contribution in [0.3, 0.4) is 0 Å². The second kappa shape index (κ2) is 3.50. The van der Waals surface area contributed by atoms with Crippen molar-refractivity contribution in [2.75, 3.05) is 0 Å². The molecule has 1 N–H and O–H groups in total. The number of Topliss-reactive ketones (excluding diaryl/α,β-unsaturated/α-hetero) is 1. The summed E-state index contributed by atoms with van der Waals surface area (Å²) in [5.74, 6) is 0.143. The molecule has 14 heavy (non-hydrogen) atoms. The van der Waals surface area contributed by atoms with Crippen molar-refractivity contribution in [3.63, 3.8) is 0 Å². The average Bonchev–Trinajstić information content (AvgIpc) is 2.59. The van der Waals surface area contributed by atoms with Gasteiger partial charge in [-0.1, -0.05) is 6.92 Å². The molecule has 1 aromatic rings. The summed E-state index contributed by atoms with van der Waals surface area (Å²) >= 11 is 0. The van der Waals surface area contributed by atoms with Gasteiger partial charge in [0.25, 0.3) is 0 Å². The Hall–Kier alpha value is -1.22. The van der Waals surface area contributed by atoms with Crippen molar-refractivity contribution in [3.05, 3.63) is 29.1 Å². The van der Waals surface area contributed by atoms with E-state index in [1.54, 1.807) is 12.4 Å². The van der Waals surface area contributed by atoms with Crippen LogP contribution < -0.4 is 0 Å². The summed E-state index contributed by atoms with van der Waals surface area (Å²) in [6.07, 6.45) is 4.73. The van der Waals surface area contributed by atoms with Gasteiger partial charge in [0.1, 0.15) is 0 Å². The monoisotopic (exact) mass is 191 g/mol. The summed E-state index contributed by atoms with van der Waals surface area (Å²) in [7, 11) is 0. The summed E-state index contributed by atoms with van der Waals surface area (Å²) in [6, 6.07) is 0. The van der Waals surface area contributed by atoms with Gasteiger partial charge in [-0.2, -0.15) is 0 Å². The highest BCUT2D eigenvalue weighted by atomic mass is 16.3. The summed E-state index contributed by atoms with van der Waals surface area (Å²) < 4.78 is 0. The Bertz CT molecular complexity index is 374. The second-order valence-electron chi connectivity index (χ2n) is 3.61. The highest BCUT2D eigenvalue weighted by Gasteiger charge is 2.25. The van der Waals surface area contributed by atoms with E-state index < -0.39 is 6.10 Å². The third kappa shape index (κ3) is 1.34. The van der Waals surface area contributed by atoms with Gasteiger partial charge in [-0.25, -0.2) is 0 Å². The van der Waals surface area contributed by atoms with E-state index >= 15 is 0 Å². The molecule has 1 aromatic heterocycles. The van der Waals surface area contributed by atoms with Crippen LogP contribution in [0.2, 0.25) is 0 Å². The third-order valence-electron chi connectivity index (χ3n) is 2.70. The Morgan fingerprint density at radius 1 is 1.50 bits per heavy atom. The molecular weight excluding hydrogens is 178 g/mol. The molecule has 0 fully saturated rings. The topological polar surface area (TPSA) is 50.2 Å². The number of hydrogen-bond donors (Lipinski definition) is 1. The lowest BCUT2D eigenvalue weighted by atomic mass is 10.0. The number of aliphatic hydroxyl groups is 1. The molecule has 0 aliphatic heterocycles. The first-order valence-electron chi connectivity index (χ1n) is 4.92. The molecule has 1 atom stereocenters. The number of aliphatic hydroxyl groups excluding tert-OH is 1. The van der Waals surface area contributed by atoms with Crippen LogP contribution in [0.25, 0.3) is 0 Å². The normalized spacial score (nSPS) is 16.9. The maximum absolute atomic E-state index is 11.6. The minimum absolute atomic E-state index is 0.143. The van der Waals surface area contributed by atoms with Gasteiger partial charge in [0, 0.05) is 29.9 Å². The smallest absolute Gasteiger partial charge is 0.163 e. The van der Waals surface area contributed by atoms with E-state index in [1.165, 1.54) is 0 Å². The first kappa shape index (κ1) is 9.34. The molecule has 1 aliphatic carbocycles. The van der Waals surface area contributed by atoms with Gasteiger partial charge in [-0.15, -0.1) is 0 Å². The fourth-order valence-electron chi connectivity index (χ4n) is 1.90. The lowest BCUT2D eigenvalue weighted by molar-refractivity contribution is 0.0987. The van der Waals surface area contributed by atoms with Crippen LogP contribution in [0.15, 0.2) is 12.4 Å². The number of ketones is 1. The maximum atomic E-state index is 11.6. The van der Waals surface area contributed by atoms with E-state index in [-0.39, 0.29) is 5.78 Å². The summed E-state index contributed by atoms with van der Waals surface area (Å²) in [4.78, 5) is 15.6. The summed E-state index contributed by atoms with van der Waals surface area (Å²) in [6.45, 7) is 1.89. The Labute approximate surface area is 82.8 Å². The molecule has 0 amide bonds. The number of carbonyl (C=O) groups is 1. The number of nitrogens with zero attached hydrogens (tertiary/aromatic N) is 1. The lowest BCUT2D eigenvalue weighted by Crippen LogP contribution is -2.05. The Kier molecular flexibility index (Phi) is 2.33. The maximum Gasteiger partial charge on any atom is 0.163 e. The molecule has 1 aliphatic rings. The molecule has 0 spiro atoms. The SMILES string of the molecule is CC[C@H](O)c1cncc2c1C(=O)CC2. The van der Waals surface area contributed by atoms with Gasteiger partial charge in [0.2, 0.25) is 0 Å². The van der Waals surface area contributed by atoms with E-state index in [0.717, 1.165) is 12.0 Å². The van der Waals surface area contributed by atoms with E-state index in [9.17, 15) is 9.90 Å². The van der Waals surface area contributed by atoms with Gasteiger partial charge < -0.3 is 5.11 Å². The Morgan fingerprint density at radius 3 is 3.00 bits per heavy atom. The average molecular weight is 191 g/mol. The fourth-order valence-corrected chi connectivity index (χ4v) is 1.90. The third-order valence-corrected chi connectivity index (χ3v) is 2.70. The molecule has 0 aromatic carbocycles.